The van der Waals surface area contributed by atoms with E-state index < -0.39 is 18.4 Å². The molecule has 152 valence electrons. The summed E-state index contributed by atoms with van der Waals surface area (Å²) in [6, 6.07) is 1.66. The van der Waals surface area contributed by atoms with Crippen molar-refractivity contribution in [3.05, 3.63) is 47.8 Å². The molecule has 2 rings (SSSR count). The molecule has 0 bridgehead atoms. The smallest absolute Gasteiger partial charge is 0.331 e. The fraction of sp³-hybridized carbons (Fsp3) is 0.421. The average Bonchev–Trinajstić information content (AvgIpc) is 2.65. The molecule has 0 aromatic carbocycles. The molecular weight excluding hydrogens is 376 g/mol. The normalized spacial score (nSPS) is 17.8. The van der Waals surface area contributed by atoms with Gasteiger partial charge in [0, 0.05) is 54.7 Å². The van der Waals surface area contributed by atoms with Crippen LogP contribution in [0.1, 0.15) is 48.4 Å². The Balaban J connectivity index is 2.30. The standard InChI is InChI=1S/C19H22F4N4O/c1-2-17(28)27-11-13-10-26-16(12-3-6-19(22,23)7-4-12)9-14(13)15(24)5-8-25-18(20)21/h2,5,8-10,12,18H,1,3-4,6-7,11,24H2,(H,27,28). The van der Waals surface area contributed by atoms with Crippen molar-refractivity contribution in [2.24, 2.45) is 10.7 Å². The fourth-order valence-corrected chi connectivity index (χ4v) is 3.00. The van der Waals surface area contributed by atoms with Crippen LogP contribution in [0.15, 0.2) is 36.0 Å². The maximum atomic E-state index is 13.4. The number of nitrogens with zero attached hydrogens (tertiary/aromatic N) is 2. The molecule has 1 aromatic rings. The Morgan fingerprint density at radius 2 is 2.11 bits per heavy atom. The minimum Gasteiger partial charge on any atom is -0.398 e. The number of pyridine rings is 1. The molecule has 1 aromatic heterocycles. The number of aromatic nitrogens is 1. The van der Waals surface area contributed by atoms with Crippen molar-refractivity contribution in [2.45, 2.75) is 50.6 Å². The molecule has 0 unspecified atom stereocenters. The molecule has 1 saturated carbocycles. The van der Waals surface area contributed by atoms with E-state index in [1.54, 1.807) is 6.07 Å². The van der Waals surface area contributed by atoms with Gasteiger partial charge in [-0.25, -0.2) is 13.8 Å². The molecule has 28 heavy (non-hydrogen) atoms. The summed E-state index contributed by atoms with van der Waals surface area (Å²) in [5.74, 6) is -3.19. The van der Waals surface area contributed by atoms with Gasteiger partial charge in [-0.1, -0.05) is 6.58 Å². The molecule has 3 N–H and O–H groups in total. The number of hydrogen-bond acceptors (Lipinski definition) is 4. The van der Waals surface area contributed by atoms with Gasteiger partial charge in [0.15, 0.2) is 0 Å². The second-order valence-electron chi connectivity index (χ2n) is 6.52. The maximum Gasteiger partial charge on any atom is 0.331 e. The van der Waals surface area contributed by atoms with Crippen molar-refractivity contribution in [3.8, 4) is 0 Å². The van der Waals surface area contributed by atoms with Gasteiger partial charge >= 0.3 is 6.55 Å². The summed E-state index contributed by atoms with van der Waals surface area (Å²) in [5.41, 5.74) is 7.79. The summed E-state index contributed by atoms with van der Waals surface area (Å²) in [6.07, 6.45) is 4.90. The van der Waals surface area contributed by atoms with E-state index >= 15 is 0 Å². The predicted octanol–water partition coefficient (Wildman–Crippen LogP) is 3.77. The largest absolute Gasteiger partial charge is 0.398 e. The number of nitrogens with one attached hydrogen (secondary N) is 1. The quantitative estimate of drug-likeness (QED) is 0.318. The monoisotopic (exact) mass is 398 g/mol. The second kappa shape index (κ2) is 9.48. The number of alkyl halides is 4. The molecule has 0 saturated heterocycles. The lowest BCUT2D eigenvalue weighted by Crippen LogP contribution is -2.24. The van der Waals surface area contributed by atoms with Crippen LogP contribution in [0.25, 0.3) is 5.70 Å². The Labute approximate surface area is 160 Å². The number of amides is 1. The van der Waals surface area contributed by atoms with Gasteiger partial charge in [0.25, 0.3) is 0 Å². The molecule has 1 amide bonds. The Bertz CT molecular complexity index is 767. The van der Waals surface area contributed by atoms with Crippen molar-refractivity contribution in [2.75, 3.05) is 0 Å². The van der Waals surface area contributed by atoms with Gasteiger partial charge in [-0.3, -0.25) is 9.78 Å². The van der Waals surface area contributed by atoms with Gasteiger partial charge in [0.1, 0.15) is 0 Å². The fourth-order valence-electron chi connectivity index (χ4n) is 3.00. The number of rotatable bonds is 7. The van der Waals surface area contributed by atoms with Gasteiger partial charge in [-0.15, -0.1) is 0 Å². The van der Waals surface area contributed by atoms with E-state index in [-0.39, 0.29) is 31.0 Å². The van der Waals surface area contributed by atoms with Crippen molar-refractivity contribution < 1.29 is 22.4 Å². The van der Waals surface area contributed by atoms with Crippen LogP contribution in [0.5, 0.6) is 0 Å². The summed E-state index contributed by atoms with van der Waals surface area (Å²) in [7, 11) is 0. The minimum absolute atomic E-state index is 0.0940. The topological polar surface area (TPSA) is 80.4 Å². The Hall–Kier alpha value is -2.71. The summed E-state index contributed by atoms with van der Waals surface area (Å²) in [6.45, 7) is 0.601. The highest BCUT2D eigenvalue weighted by atomic mass is 19.3. The van der Waals surface area contributed by atoms with Crippen LogP contribution in [0.2, 0.25) is 0 Å². The molecule has 5 nitrogen and oxygen atoms in total. The first-order valence-corrected chi connectivity index (χ1v) is 8.76. The van der Waals surface area contributed by atoms with Crippen molar-refractivity contribution in [1.29, 1.82) is 0 Å². The molecule has 0 spiro atoms. The SMILES string of the molecule is C=CC(=O)NCc1cnc(C2CCC(F)(F)CC2)cc1C(N)=CC=NC(F)F. The first-order valence-electron chi connectivity index (χ1n) is 8.76. The number of carbonyl (C=O) groups excluding carboxylic acids is 1. The minimum atomic E-state index is -2.85. The zero-order chi connectivity index (χ0) is 20.7. The maximum absolute atomic E-state index is 13.4. The van der Waals surface area contributed by atoms with Crippen LogP contribution in [-0.4, -0.2) is 29.6 Å². The lowest BCUT2D eigenvalue weighted by Gasteiger charge is -2.28. The van der Waals surface area contributed by atoms with Gasteiger partial charge in [0.05, 0.1) is 0 Å². The van der Waals surface area contributed by atoms with Crippen molar-refractivity contribution >= 4 is 17.8 Å². The Morgan fingerprint density at radius 1 is 1.43 bits per heavy atom. The molecule has 1 fully saturated rings. The number of halogens is 4. The molecule has 1 aliphatic rings. The van der Waals surface area contributed by atoms with Crippen LogP contribution in [0.4, 0.5) is 17.6 Å². The number of nitrogens with two attached hydrogens (primary N) is 1. The highest BCUT2D eigenvalue weighted by molar-refractivity contribution is 5.87. The lowest BCUT2D eigenvalue weighted by molar-refractivity contribution is -0.116. The molecule has 1 aliphatic carbocycles. The number of hydrogen-bond donors (Lipinski definition) is 2. The summed E-state index contributed by atoms with van der Waals surface area (Å²) in [5, 5.41) is 2.60. The van der Waals surface area contributed by atoms with Crippen molar-refractivity contribution in [1.82, 2.24) is 10.3 Å². The van der Waals surface area contributed by atoms with Crippen LogP contribution in [-0.2, 0) is 11.3 Å². The summed E-state index contributed by atoms with van der Waals surface area (Å²) in [4.78, 5) is 18.7. The average molecular weight is 398 g/mol. The third-order valence-electron chi connectivity index (χ3n) is 4.55. The molecule has 0 aliphatic heterocycles. The highest BCUT2D eigenvalue weighted by Crippen LogP contribution is 2.40. The molecule has 1 heterocycles. The predicted molar refractivity (Wildman–Crippen MR) is 99.1 cm³/mol. The van der Waals surface area contributed by atoms with Gasteiger partial charge in [-0.2, -0.15) is 8.78 Å². The summed E-state index contributed by atoms with van der Waals surface area (Å²) >= 11 is 0. The molecule has 0 radical (unpaired) electrons. The summed E-state index contributed by atoms with van der Waals surface area (Å²) < 4.78 is 51.2. The van der Waals surface area contributed by atoms with Gasteiger partial charge in [0.2, 0.25) is 11.8 Å². The van der Waals surface area contributed by atoms with E-state index in [2.05, 4.69) is 21.9 Å². The number of allylic oxidation sites excluding steroid dienone is 1. The Morgan fingerprint density at radius 3 is 2.71 bits per heavy atom. The molecule has 0 atom stereocenters. The van der Waals surface area contributed by atoms with E-state index in [0.29, 0.717) is 29.7 Å². The third-order valence-corrected chi connectivity index (χ3v) is 4.55. The molecule has 9 heteroatoms. The first-order chi connectivity index (χ1) is 13.2. The molecular formula is C19H22F4N4O. The van der Waals surface area contributed by atoms with E-state index in [1.165, 1.54) is 12.3 Å². The van der Waals surface area contributed by atoms with E-state index in [9.17, 15) is 22.4 Å². The first kappa shape index (κ1) is 21.6. The van der Waals surface area contributed by atoms with Crippen LogP contribution in [0.3, 0.4) is 0 Å². The third kappa shape index (κ3) is 6.17. The van der Waals surface area contributed by atoms with E-state index in [1.807, 2.05) is 0 Å². The Kier molecular flexibility index (Phi) is 7.31. The van der Waals surface area contributed by atoms with Crippen LogP contribution in [0, 0.1) is 0 Å². The zero-order valence-electron chi connectivity index (χ0n) is 15.2. The van der Waals surface area contributed by atoms with Crippen molar-refractivity contribution in [3.63, 3.8) is 0 Å². The van der Waals surface area contributed by atoms with E-state index in [0.717, 1.165) is 12.3 Å². The lowest BCUT2D eigenvalue weighted by atomic mass is 9.84. The number of carbonyl (C=O) groups is 1. The van der Waals surface area contributed by atoms with E-state index in [4.69, 9.17) is 5.73 Å². The second-order valence-corrected chi connectivity index (χ2v) is 6.52. The highest BCUT2D eigenvalue weighted by Gasteiger charge is 2.35. The van der Waals surface area contributed by atoms with Gasteiger partial charge < -0.3 is 11.1 Å². The zero-order valence-corrected chi connectivity index (χ0v) is 15.2. The van der Waals surface area contributed by atoms with Gasteiger partial charge in [-0.05, 0) is 36.6 Å². The van der Waals surface area contributed by atoms with Crippen LogP contribution >= 0.6 is 0 Å². The number of aliphatic imine (C=N–C) groups is 1. The van der Waals surface area contributed by atoms with Crippen LogP contribution < -0.4 is 11.1 Å².